The van der Waals surface area contributed by atoms with Crippen LogP contribution in [0.3, 0.4) is 0 Å². The standard InChI is InChI=1S/C10H18O4/c1-7(10(11)12)8(2)14-9-5-3-4-6-13-9/h7-9H,3-6H2,1-2H3,(H,11,12)/t7-,8+,9?/m1/s1. The van der Waals surface area contributed by atoms with Crippen LogP contribution in [0.4, 0.5) is 0 Å². The average Bonchev–Trinajstić information content (AvgIpc) is 2.18. The third-order valence-electron chi connectivity index (χ3n) is 2.60. The quantitative estimate of drug-likeness (QED) is 0.753. The highest BCUT2D eigenvalue weighted by atomic mass is 16.7. The molecule has 1 saturated heterocycles. The van der Waals surface area contributed by atoms with Crippen molar-refractivity contribution in [2.75, 3.05) is 6.61 Å². The van der Waals surface area contributed by atoms with Crippen molar-refractivity contribution in [1.29, 1.82) is 0 Å². The van der Waals surface area contributed by atoms with E-state index in [1.165, 1.54) is 0 Å². The Morgan fingerprint density at radius 2 is 2.21 bits per heavy atom. The molecule has 1 N–H and O–H groups in total. The normalized spacial score (nSPS) is 26.9. The summed E-state index contributed by atoms with van der Waals surface area (Å²) in [6, 6.07) is 0. The van der Waals surface area contributed by atoms with Gasteiger partial charge in [0, 0.05) is 6.61 Å². The first-order valence-corrected chi connectivity index (χ1v) is 5.11. The topological polar surface area (TPSA) is 55.8 Å². The smallest absolute Gasteiger partial charge is 0.308 e. The second-order valence-corrected chi connectivity index (χ2v) is 3.76. The Bertz CT molecular complexity index is 187. The molecule has 0 aromatic rings. The molecule has 1 aliphatic heterocycles. The van der Waals surface area contributed by atoms with Crippen molar-refractivity contribution in [1.82, 2.24) is 0 Å². The lowest BCUT2D eigenvalue weighted by atomic mass is 10.1. The SMILES string of the molecule is C[C@H](OC1CCCCO1)[C@@H](C)C(=O)O. The van der Waals surface area contributed by atoms with Gasteiger partial charge in [0.25, 0.3) is 0 Å². The molecule has 1 heterocycles. The van der Waals surface area contributed by atoms with Crippen LogP contribution >= 0.6 is 0 Å². The Morgan fingerprint density at radius 1 is 1.50 bits per heavy atom. The lowest BCUT2D eigenvalue weighted by Crippen LogP contribution is -2.32. The Labute approximate surface area is 84.2 Å². The lowest BCUT2D eigenvalue weighted by molar-refractivity contribution is -0.197. The van der Waals surface area contributed by atoms with Gasteiger partial charge in [-0.2, -0.15) is 0 Å². The van der Waals surface area contributed by atoms with Crippen LogP contribution in [0.25, 0.3) is 0 Å². The maximum atomic E-state index is 10.7. The molecule has 14 heavy (non-hydrogen) atoms. The zero-order valence-corrected chi connectivity index (χ0v) is 8.73. The van der Waals surface area contributed by atoms with E-state index in [2.05, 4.69) is 0 Å². The first kappa shape index (κ1) is 11.5. The summed E-state index contributed by atoms with van der Waals surface area (Å²) in [5.41, 5.74) is 0. The van der Waals surface area contributed by atoms with Gasteiger partial charge in [-0.15, -0.1) is 0 Å². The van der Waals surface area contributed by atoms with Crippen LogP contribution < -0.4 is 0 Å². The molecule has 0 radical (unpaired) electrons. The van der Waals surface area contributed by atoms with E-state index in [0.29, 0.717) is 0 Å². The second-order valence-electron chi connectivity index (χ2n) is 3.76. The first-order chi connectivity index (χ1) is 6.61. The Morgan fingerprint density at radius 3 is 2.71 bits per heavy atom. The zero-order chi connectivity index (χ0) is 10.6. The van der Waals surface area contributed by atoms with E-state index in [0.717, 1.165) is 25.9 Å². The van der Waals surface area contributed by atoms with Gasteiger partial charge < -0.3 is 14.6 Å². The molecular formula is C10H18O4. The molecule has 0 aromatic carbocycles. The van der Waals surface area contributed by atoms with Crippen LogP contribution in [-0.4, -0.2) is 30.1 Å². The van der Waals surface area contributed by atoms with E-state index in [1.807, 2.05) is 0 Å². The van der Waals surface area contributed by atoms with Gasteiger partial charge in [-0.3, -0.25) is 4.79 Å². The molecule has 0 aliphatic carbocycles. The van der Waals surface area contributed by atoms with Gasteiger partial charge in [0.05, 0.1) is 12.0 Å². The molecule has 82 valence electrons. The molecule has 0 amide bonds. The summed E-state index contributed by atoms with van der Waals surface area (Å²) in [5, 5.41) is 8.76. The van der Waals surface area contributed by atoms with E-state index in [9.17, 15) is 4.79 Å². The van der Waals surface area contributed by atoms with Crippen LogP contribution in [0.5, 0.6) is 0 Å². The number of carboxylic acid groups (broad SMARTS) is 1. The predicted octanol–water partition coefficient (Wildman–Crippen LogP) is 1.64. The van der Waals surface area contributed by atoms with Gasteiger partial charge in [-0.05, 0) is 33.1 Å². The fraction of sp³-hybridized carbons (Fsp3) is 0.900. The maximum Gasteiger partial charge on any atom is 0.308 e. The minimum atomic E-state index is -0.826. The molecule has 0 spiro atoms. The summed E-state index contributed by atoms with van der Waals surface area (Å²) in [7, 11) is 0. The number of ether oxygens (including phenoxy) is 2. The third-order valence-corrected chi connectivity index (χ3v) is 2.60. The summed E-state index contributed by atoms with van der Waals surface area (Å²) in [5.74, 6) is -1.31. The molecule has 1 rings (SSSR count). The summed E-state index contributed by atoms with van der Waals surface area (Å²) in [6.07, 6.45) is 2.54. The molecule has 1 unspecified atom stereocenters. The molecule has 0 bridgehead atoms. The molecule has 4 nitrogen and oxygen atoms in total. The van der Waals surface area contributed by atoms with Crippen molar-refractivity contribution >= 4 is 5.97 Å². The minimum Gasteiger partial charge on any atom is -0.481 e. The average molecular weight is 202 g/mol. The molecule has 4 heteroatoms. The zero-order valence-electron chi connectivity index (χ0n) is 8.73. The van der Waals surface area contributed by atoms with E-state index < -0.39 is 11.9 Å². The van der Waals surface area contributed by atoms with Crippen LogP contribution in [0.15, 0.2) is 0 Å². The molecule has 0 saturated carbocycles. The second kappa shape index (κ2) is 5.32. The maximum absolute atomic E-state index is 10.7. The van der Waals surface area contributed by atoms with Gasteiger partial charge in [-0.25, -0.2) is 0 Å². The Kier molecular flexibility index (Phi) is 4.35. The van der Waals surface area contributed by atoms with Crippen LogP contribution in [-0.2, 0) is 14.3 Å². The summed E-state index contributed by atoms with van der Waals surface area (Å²) in [6.45, 7) is 4.14. The van der Waals surface area contributed by atoms with Crippen molar-refractivity contribution in [2.24, 2.45) is 5.92 Å². The fourth-order valence-corrected chi connectivity index (χ4v) is 1.38. The molecular weight excluding hydrogens is 184 g/mol. The first-order valence-electron chi connectivity index (χ1n) is 5.11. The van der Waals surface area contributed by atoms with Crippen LogP contribution in [0.2, 0.25) is 0 Å². The lowest BCUT2D eigenvalue weighted by Gasteiger charge is -2.27. The van der Waals surface area contributed by atoms with Crippen LogP contribution in [0.1, 0.15) is 33.1 Å². The number of hydrogen-bond donors (Lipinski definition) is 1. The van der Waals surface area contributed by atoms with Gasteiger partial charge in [0.2, 0.25) is 0 Å². The van der Waals surface area contributed by atoms with Crippen molar-refractivity contribution in [3.63, 3.8) is 0 Å². The third kappa shape index (κ3) is 3.27. The molecule has 1 aliphatic rings. The largest absolute Gasteiger partial charge is 0.481 e. The minimum absolute atomic E-state index is 0.208. The summed E-state index contributed by atoms with van der Waals surface area (Å²) in [4.78, 5) is 10.7. The van der Waals surface area contributed by atoms with E-state index in [1.54, 1.807) is 13.8 Å². The summed E-state index contributed by atoms with van der Waals surface area (Å²) >= 11 is 0. The van der Waals surface area contributed by atoms with E-state index in [-0.39, 0.29) is 12.4 Å². The van der Waals surface area contributed by atoms with Crippen molar-refractivity contribution in [3.05, 3.63) is 0 Å². The van der Waals surface area contributed by atoms with Gasteiger partial charge in [0.15, 0.2) is 6.29 Å². The summed E-state index contributed by atoms with van der Waals surface area (Å²) < 4.78 is 10.9. The molecule has 0 aromatic heterocycles. The van der Waals surface area contributed by atoms with Gasteiger partial charge in [-0.1, -0.05) is 0 Å². The molecule has 3 atom stereocenters. The highest BCUT2D eigenvalue weighted by Gasteiger charge is 2.24. The van der Waals surface area contributed by atoms with E-state index >= 15 is 0 Å². The Hall–Kier alpha value is -0.610. The predicted molar refractivity (Wildman–Crippen MR) is 50.9 cm³/mol. The van der Waals surface area contributed by atoms with Gasteiger partial charge >= 0.3 is 5.97 Å². The Balaban J connectivity index is 2.31. The fourth-order valence-electron chi connectivity index (χ4n) is 1.38. The van der Waals surface area contributed by atoms with Gasteiger partial charge in [0.1, 0.15) is 0 Å². The number of aliphatic carboxylic acids is 1. The van der Waals surface area contributed by atoms with Crippen molar-refractivity contribution in [3.8, 4) is 0 Å². The number of rotatable bonds is 4. The number of hydrogen-bond acceptors (Lipinski definition) is 3. The number of carboxylic acids is 1. The van der Waals surface area contributed by atoms with Crippen molar-refractivity contribution < 1.29 is 19.4 Å². The highest BCUT2D eigenvalue weighted by molar-refractivity contribution is 5.70. The monoisotopic (exact) mass is 202 g/mol. The highest BCUT2D eigenvalue weighted by Crippen LogP contribution is 2.18. The number of carbonyl (C=O) groups is 1. The molecule has 1 fully saturated rings. The van der Waals surface area contributed by atoms with E-state index in [4.69, 9.17) is 14.6 Å². The van der Waals surface area contributed by atoms with Crippen molar-refractivity contribution in [2.45, 2.75) is 45.5 Å². The van der Waals surface area contributed by atoms with Crippen LogP contribution in [0, 0.1) is 5.92 Å².